The number of rotatable bonds is 24. The Hall–Kier alpha value is -3.02. The summed E-state index contributed by atoms with van der Waals surface area (Å²) in [4.78, 5) is 24.5. The summed E-state index contributed by atoms with van der Waals surface area (Å²) in [7, 11) is -9.33. The first-order valence-corrected chi connectivity index (χ1v) is 18.0. The third-order valence-corrected chi connectivity index (χ3v) is 6.09. The van der Waals surface area contributed by atoms with E-state index in [1.165, 1.54) is 0 Å². The molecule has 0 aliphatic carbocycles. The maximum atomic E-state index is 12.5. The van der Waals surface area contributed by atoms with E-state index < -0.39 is 26.9 Å². The molecule has 0 aliphatic heterocycles. The van der Waals surface area contributed by atoms with Gasteiger partial charge in [0.2, 0.25) is 5.91 Å². The van der Waals surface area contributed by atoms with Gasteiger partial charge in [-0.3, -0.25) is 38.0 Å². The maximum absolute atomic E-state index is 12.5. The quantitative estimate of drug-likeness (QED) is 0.0260. The van der Waals surface area contributed by atoms with Crippen LogP contribution in [0, 0.1) is 0 Å². The number of hydrogen-bond donors (Lipinski definition) is 12. The van der Waals surface area contributed by atoms with Crippen molar-refractivity contribution in [3.05, 3.63) is 0 Å². The molecule has 0 saturated heterocycles. The molecule has 0 radical (unpaired) electrons. The third-order valence-electron chi connectivity index (χ3n) is 6.09. The standard InChI is InChI=1S/C25H54N10O2.2H2O4S/c26-23(27)32-17-11-7-3-1-5-9-15-21(36)20(14-13-19-34-25(30)31)35-22(37)16-10-6-2-4-8-12-18-33-24(28)29;2*1-5(2,3)4/h20-21,36H,1-19H2,(H,35,37)(H4,26,27,32)(H4,28,29,33)(H4,30,31,34);2*(H2,1,2,3,4). The van der Waals surface area contributed by atoms with Crippen molar-refractivity contribution in [2.45, 2.75) is 115 Å². The molecular weight excluding hydrogens is 664 g/mol. The van der Waals surface area contributed by atoms with Crippen LogP contribution in [-0.2, 0) is 25.6 Å². The van der Waals surface area contributed by atoms with Crippen molar-refractivity contribution >= 4 is 44.6 Å². The molecule has 0 bridgehead atoms. The van der Waals surface area contributed by atoms with Crippen molar-refractivity contribution < 1.29 is 44.9 Å². The average Bonchev–Trinajstić information content (AvgIpc) is 2.90. The molecule has 18 N–H and O–H groups in total. The Morgan fingerprint density at radius 1 is 0.532 bits per heavy atom. The van der Waals surface area contributed by atoms with Crippen LogP contribution in [0.5, 0.6) is 0 Å². The Balaban J connectivity index is -0.00000167. The van der Waals surface area contributed by atoms with Crippen molar-refractivity contribution in [3.63, 3.8) is 0 Å². The van der Waals surface area contributed by atoms with Gasteiger partial charge in [-0.05, 0) is 38.5 Å². The zero-order valence-electron chi connectivity index (χ0n) is 27.0. The van der Waals surface area contributed by atoms with Crippen LogP contribution in [0.3, 0.4) is 0 Å². The van der Waals surface area contributed by atoms with Gasteiger partial charge in [-0.25, -0.2) is 0 Å². The Kier molecular flexibility index (Phi) is 31.2. The second-order valence-electron chi connectivity index (χ2n) is 10.5. The van der Waals surface area contributed by atoms with E-state index in [1.54, 1.807) is 0 Å². The molecule has 1 amide bonds. The van der Waals surface area contributed by atoms with Crippen molar-refractivity contribution in [3.8, 4) is 0 Å². The van der Waals surface area contributed by atoms with Gasteiger partial charge in [0.05, 0.1) is 12.1 Å². The number of aliphatic imine (C=N–C) groups is 3. The highest BCUT2D eigenvalue weighted by Crippen LogP contribution is 2.14. The van der Waals surface area contributed by atoms with E-state index >= 15 is 0 Å². The predicted octanol–water partition coefficient (Wildman–Crippen LogP) is -0.412. The van der Waals surface area contributed by atoms with Crippen LogP contribution in [-0.4, -0.2) is 95.7 Å². The van der Waals surface area contributed by atoms with Crippen LogP contribution in [0.2, 0.25) is 0 Å². The number of carbonyl (C=O) groups excluding carboxylic acids is 1. The van der Waals surface area contributed by atoms with Crippen LogP contribution >= 0.6 is 0 Å². The zero-order valence-corrected chi connectivity index (χ0v) is 28.6. The Morgan fingerprint density at radius 3 is 1.23 bits per heavy atom. The van der Waals surface area contributed by atoms with Gasteiger partial charge >= 0.3 is 20.8 Å². The second-order valence-corrected chi connectivity index (χ2v) is 12.3. The molecule has 2 unspecified atom stereocenters. The van der Waals surface area contributed by atoms with Crippen molar-refractivity contribution in [2.24, 2.45) is 49.4 Å². The van der Waals surface area contributed by atoms with Crippen LogP contribution in [0.25, 0.3) is 0 Å². The van der Waals surface area contributed by atoms with E-state index in [1.807, 2.05) is 0 Å². The number of unbranched alkanes of at least 4 members (excludes halogenated alkanes) is 10. The van der Waals surface area contributed by atoms with Gasteiger partial charge in [0.15, 0.2) is 17.9 Å². The number of hydrogen-bond acceptors (Lipinski definition) is 9. The SMILES string of the molecule is NC(N)=NCCCCCCCCC(=O)NC(CCCN=C(N)N)C(O)CCCCCCCCN=C(N)N.O=S(=O)(O)O.O=S(=O)(O)O. The summed E-state index contributed by atoms with van der Waals surface area (Å²) < 4.78 is 63.2. The number of nitrogens with two attached hydrogens (primary N) is 6. The predicted molar refractivity (Wildman–Crippen MR) is 182 cm³/mol. The molecule has 20 nitrogen and oxygen atoms in total. The lowest BCUT2D eigenvalue weighted by molar-refractivity contribution is -0.122. The van der Waals surface area contributed by atoms with Gasteiger partial charge in [0.25, 0.3) is 0 Å². The smallest absolute Gasteiger partial charge is 0.391 e. The van der Waals surface area contributed by atoms with Gasteiger partial charge in [0, 0.05) is 26.1 Å². The summed E-state index contributed by atoms with van der Waals surface area (Å²) in [5, 5.41) is 13.8. The van der Waals surface area contributed by atoms with Crippen LogP contribution in [0.1, 0.15) is 103 Å². The molecule has 0 aromatic heterocycles. The molecule has 0 fully saturated rings. The Labute approximate surface area is 278 Å². The summed E-state index contributed by atoms with van der Waals surface area (Å²) in [6.07, 6.45) is 14.1. The van der Waals surface area contributed by atoms with Gasteiger partial charge in [-0.2, -0.15) is 16.8 Å². The number of aliphatic hydroxyl groups excluding tert-OH is 1. The summed E-state index contributed by atoms with van der Waals surface area (Å²) in [6, 6.07) is -0.295. The first-order valence-electron chi connectivity index (χ1n) is 15.3. The number of aliphatic hydroxyl groups is 1. The van der Waals surface area contributed by atoms with Crippen molar-refractivity contribution in [1.82, 2.24) is 5.32 Å². The summed E-state index contributed by atoms with van der Waals surface area (Å²) in [5.74, 6) is 0.314. The lowest BCUT2D eigenvalue weighted by atomic mass is 9.98. The molecule has 0 aliphatic rings. The van der Waals surface area contributed by atoms with Crippen LogP contribution in [0.4, 0.5) is 0 Å². The minimum Gasteiger partial charge on any atom is -0.391 e. The van der Waals surface area contributed by atoms with Crippen LogP contribution in [0.15, 0.2) is 15.0 Å². The minimum absolute atomic E-state index is 0.0144. The molecule has 0 aromatic carbocycles. The van der Waals surface area contributed by atoms with E-state index in [0.717, 1.165) is 77.0 Å². The molecule has 0 aromatic rings. The van der Waals surface area contributed by atoms with E-state index in [9.17, 15) is 9.90 Å². The highest BCUT2D eigenvalue weighted by Gasteiger charge is 2.20. The number of nitrogens with one attached hydrogen (secondary N) is 1. The van der Waals surface area contributed by atoms with Gasteiger partial charge in [0.1, 0.15) is 0 Å². The van der Waals surface area contributed by atoms with E-state index in [0.29, 0.717) is 45.3 Å². The summed E-state index contributed by atoms with van der Waals surface area (Å²) in [5.41, 5.74) is 32.1. The molecule has 0 rings (SSSR count). The topological polar surface area (TPSA) is 392 Å². The highest BCUT2D eigenvalue weighted by atomic mass is 32.3. The fourth-order valence-electron chi connectivity index (χ4n) is 4.05. The second kappa shape index (κ2) is 30.3. The fourth-order valence-corrected chi connectivity index (χ4v) is 4.05. The number of guanidine groups is 3. The third kappa shape index (κ3) is 55.8. The number of nitrogens with zero attached hydrogens (tertiary/aromatic N) is 3. The monoisotopic (exact) mass is 722 g/mol. The lowest BCUT2D eigenvalue weighted by Gasteiger charge is -2.24. The molecule has 0 saturated carbocycles. The van der Waals surface area contributed by atoms with Gasteiger partial charge < -0.3 is 44.8 Å². The van der Waals surface area contributed by atoms with E-state index in [4.69, 9.17) is 69.4 Å². The fraction of sp³-hybridized carbons (Fsp3) is 0.840. The number of amides is 1. The first-order chi connectivity index (χ1) is 21.7. The Bertz CT molecular complexity index is 1050. The normalized spacial score (nSPS) is 12.2. The largest absolute Gasteiger partial charge is 0.394 e. The number of carbonyl (C=O) groups is 1. The van der Waals surface area contributed by atoms with Crippen LogP contribution < -0.4 is 39.7 Å². The molecule has 2 atom stereocenters. The van der Waals surface area contributed by atoms with E-state index in [2.05, 4.69) is 20.3 Å². The first kappa shape index (κ1) is 48.4. The summed E-state index contributed by atoms with van der Waals surface area (Å²) >= 11 is 0. The average molecular weight is 723 g/mol. The molecule has 0 spiro atoms. The van der Waals surface area contributed by atoms with E-state index in [-0.39, 0.29) is 29.8 Å². The molecule has 47 heavy (non-hydrogen) atoms. The van der Waals surface area contributed by atoms with Crippen molar-refractivity contribution in [2.75, 3.05) is 19.6 Å². The lowest BCUT2D eigenvalue weighted by Crippen LogP contribution is -2.43. The molecule has 0 heterocycles. The molecular formula is C25H58N10O10S2. The molecule has 22 heteroatoms. The van der Waals surface area contributed by atoms with Crippen molar-refractivity contribution in [1.29, 1.82) is 0 Å². The Morgan fingerprint density at radius 2 is 0.851 bits per heavy atom. The van der Waals surface area contributed by atoms with Gasteiger partial charge in [-0.1, -0.05) is 57.8 Å². The summed E-state index contributed by atoms with van der Waals surface area (Å²) in [6.45, 7) is 1.81. The zero-order chi connectivity index (χ0) is 36.7. The molecule has 280 valence electrons. The maximum Gasteiger partial charge on any atom is 0.394 e. The highest BCUT2D eigenvalue weighted by molar-refractivity contribution is 7.80. The van der Waals surface area contributed by atoms with Gasteiger partial charge in [-0.15, -0.1) is 0 Å². The minimum atomic E-state index is -4.67.